The summed E-state index contributed by atoms with van der Waals surface area (Å²) in [5.74, 6) is -0.393. The SMILES string of the molecule is CCN(Cc1cccc(NC(=O)c2nn(C(C)C)c(=O)c3ccccc23)c1)C(C)=O. The minimum atomic E-state index is -0.392. The molecule has 0 aliphatic rings. The third-order valence-electron chi connectivity index (χ3n) is 4.92. The molecule has 2 amide bonds. The highest BCUT2D eigenvalue weighted by Crippen LogP contribution is 2.18. The largest absolute Gasteiger partial charge is 0.339 e. The monoisotopic (exact) mass is 406 g/mol. The molecule has 0 saturated carbocycles. The fourth-order valence-corrected chi connectivity index (χ4v) is 3.33. The Morgan fingerprint density at radius 1 is 1.10 bits per heavy atom. The smallest absolute Gasteiger partial charge is 0.276 e. The van der Waals surface area contributed by atoms with Crippen LogP contribution < -0.4 is 10.9 Å². The Morgan fingerprint density at radius 2 is 1.80 bits per heavy atom. The van der Waals surface area contributed by atoms with Gasteiger partial charge in [-0.3, -0.25) is 14.4 Å². The molecule has 1 aromatic heterocycles. The third kappa shape index (κ3) is 4.40. The van der Waals surface area contributed by atoms with Crippen molar-refractivity contribution in [3.8, 4) is 0 Å². The van der Waals surface area contributed by atoms with Crippen LogP contribution in [0.2, 0.25) is 0 Å². The maximum Gasteiger partial charge on any atom is 0.276 e. The van der Waals surface area contributed by atoms with E-state index in [0.29, 0.717) is 29.5 Å². The number of hydrogen-bond acceptors (Lipinski definition) is 4. The summed E-state index contributed by atoms with van der Waals surface area (Å²) >= 11 is 0. The summed E-state index contributed by atoms with van der Waals surface area (Å²) in [6.45, 7) is 8.24. The van der Waals surface area contributed by atoms with E-state index < -0.39 is 5.91 Å². The first-order valence-electron chi connectivity index (χ1n) is 9.99. The average Bonchev–Trinajstić information content (AvgIpc) is 2.72. The lowest BCUT2D eigenvalue weighted by atomic mass is 10.1. The van der Waals surface area contributed by atoms with Gasteiger partial charge in [-0.2, -0.15) is 5.10 Å². The van der Waals surface area contributed by atoms with E-state index in [0.717, 1.165) is 5.56 Å². The number of fused-ring (bicyclic) bond motifs is 1. The normalized spacial score (nSPS) is 11.0. The lowest BCUT2D eigenvalue weighted by Crippen LogP contribution is -2.29. The predicted molar refractivity (Wildman–Crippen MR) is 118 cm³/mol. The molecule has 0 saturated heterocycles. The van der Waals surface area contributed by atoms with Crippen molar-refractivity contribution < 1.29 is 9.59 Å². The van der Waals surface area contributed by atoms with Crippen molar-refractivity contribution in [3.05, 3.63) is 70.1 Å². The van der Waals surface area contributed by atoms with Gasteiger partial charge in [0.25, 0.3) is 11.5 Å². The van der Waals surface area contributed by atoms with E-state index in [1.807, 2.05) is 39.0 Å². The molecule has 7 nitrogen and oxygen atoms in total. The second kappa shape index (κ2) is 8.90. The van der Waals surface area contributed by atoms with E-state index in [2.05, 4.69) is 10.4 Å². The van der Waals surface area contributed by atoms with Crippen molar-refractivity contribution in [2.75, 3.05) is 11.9 Å². The maximum absolute atomic E-state index is 13.1. The van der Waals surface area contributed by atoms with Crippen LogP contribution >= 0.6 is 0 Å². The highest BCUT2D eigenvalue weighted by molar-refractivity contribution is 6.11. The fraction of sp³-hybridized carbons (Fsp3) is 0.304. The number of amides is 2. The van der Waals surface area contributed by atoms with Crippen LogP contribution in [0.1, 0.15) is 49.8 Å². The van der Waals surface area contributed by atoms with Crippen LogP contribution in [0, 0.1) is 0 Å². The molecular weight excluding hydrogens is 380 g/mol. The molecule has 156 valence electrons. The number of nitrogens with one attached hydrogen (secondary N) is 1. The highest BCUT2D eigenvalue weighted by atomic mass is 16.2. The number of rotatable bonds is 6. The summed E-state index contributed by atoms with van der Waals surface area (Å²) in [6, 6.07) is 14.2. The lowest BCUT2D eigenvalue weighted by Gasteiger charge is -2.19. The summed E-state index contributed by atoms with van der Waals surface area (Å²) in [5, 5.41) is 8.19. The molecule has 0 aliphatic carbocycles. The van der Waals surface area contributed by atoms with Crippen LogP contribution in [0.3, 0.4) is 0 Å². The van der Waals surface area contributed by atoms with Crippen LogP contribution in [0.15, 0.2) is 53.3 Å². The van der Waals surface area contributed by atoms with Crippen LogP contribution in [0.25, 0.3) is 10.8 Å². The van der Waals surface area contributed by atoms with Gasteiger partial charge in [0.15, 0.2) is 5.69 Å². The van der Waals surface area contributed by atoms with Gasteiger partial charge in [-0.05, 0) is 44.5 Å². The number of anilines is 1. The Labute approximate surface area is 175 Å². The molecule has 3 aromatic rings. The second-order valence-electron chi connectivity index (χ2n) is 7.43. The molecule has 0 spiro atoms. The van der Waals surface area contributed by atoms with Gasteiger partial charge in [-0.25, -0.2) is 4.68 Å². The topological polar surface area (TPSA) is 84.3 Å². The molecule has 2 aromatic carbocycles. The van der Waals surface area contributed by atoms with Gasteiger partial charge < -0.3 is 10.2 Å². The summed E-state index contributed by atoms with van der Waals surface area (Å²) in [5.41, 5.74) is 1.49. The zero-order valence-electron chi connectivity index (χ0n) is 17.7. The van der Waals surface area contributed by atoms with Gasteiger partial charge >= 0.3 is 0 Å². The standard InChI is InChI=1S/C23H26N4O3/c1-5-26(16(4)28)14-17-9-8-10-18(13-17)24-22(29)21-19-11-6-7-12-20(19)23(30)27(25-21)15(2)3/h6-13,15H,5,14H2,1-4H3,(H,24,29). The molecule has 1 heterocycles. The molecule has 0 unspecified atom stereocenters. The lowest BCUT2D eigenvalue weighted by molar-refractivity contribution is -0.129. The van der Waals surface area contributed by atoms with Gasteiger partial charge in [0.05, 0.1) is 11.4 Å². The van der Waals surface area contributed by atoms with E-state index in [9.17, 15) is 14.4 Å². The molecule has 7 heteroatoms. The van der Waals surface area contributed by atoms with Crippen LogP contribution in [0.5, 0.6) is 0 Å². The highest BCUT2D eigenvalue weighted by Gasteiger charge is 2.18. The molecule has 0 radical (unpaired) electrons. The first kappa shape index (κ1) is 21.2. The molecule has 0 aliphatic heterocycles. The van der Waals surface area contributed by atoms with Crippen molar-refractivity contribution in [3.63, 3.8) is 0 Å². The first-order chi connectivity index (χ1) is 14.3. The van der Waals surface area contributed by atoms with Crippen molar-refractivity contribution in [2.24, 2.45) is 0 Å². The van der Waals surface area contributed by atoms with E-state index in [1.54, 1.807) is 35.2 Å². The number of carbonyl (C=O) groups is 2. The van der Waals surface area contributed by atoms with E-state index in [1.165, 1.54) is 11.6 Å². The Hall–Kier alpha value is -3.48. The van der Waals surface area contributed by atoms with E-state index in [-0.39, 0.29) is 23.2 Å². The van der Waals surface area contributed by atoms with Gasteiger partial charge in [0, 0.05) is 31.1 Å². The average molecular weight is 406 g/mol. The number of carbonyl (C=O) groups excluding carboxylic acids is 2. The Balaban J connectivity index is 1.94. The van der Waals surface area contributed by atoms with Crippen LogP contribution in [0.4, 0.5) is 5.69 Å². The number of benzene rings is 2. The number of hydrogen-bond donors (Lipinski definition) is 1. The Kier molecular flexibility index (Phi) is 6.30. The Morgan fingerprint density at radius 3 is 2.43 bits per heavy atom. The fourth-order valence-electron chi connectivity index (χ4n) is 3.33. The van der Waals surface area contributed by atoms with Gasteiger partial charge in [-0.1, -0.05) is 30.3 Å². The Bertz CT molecular complexity index is 1150. The third-order valence-corrected chi connectivity index (χ3v) is 4.92. The summed E-state index contributed by atoms with van der Waals surface area (Å²) in [7, 11) is 0. The quantitative estimate of drug-likeness (QED) is 0.678. The van der Waals surface area contributed by atoms with Gasteiger partial charge in [0.2, 0.25) is 5.91 Å². The minimum Gasteiger partial charge on any atom is -0.339 e. The van der Waals surface area contributed by atoms with Crippen molar-refractivity contribution in [1.82, 2.24) is 14.7 Å². The number of nitrogens with zero attached hydrogens (tertiary/aromatic N) is 3. The molecule has 0 fully saturated rings. The molecule has 0 bridgehead atoms. The van der Waals surface area contributed by atoms with Gasteiger partial charge in [0.1, 0.15) is 0 Å². The molecule has 0 atom stereocenters. The maximum atomic E-state index is 13.1. The van der Waals surface area contributed by atoms with Crippen molar-refractivity contribution in [1.29, 1.82) is 0 Å². The minimum absolute atomic E-state index is 0.00134. The molecule has 1 N–H and O–H groups in total. The number of aromatic nitrogens is 2. The summed E-state index contributed by atoms with van der Waals surface area (Å²) in [6.07, 6.45) is 0. The van der Waals surface area contributed by atoms with Crippen molar-refractivity contribution >= 4 is 28.3 Å². The van der Waals surface area contributed by atoms with Crippen LogP contribution in [-0.4, -0.2) is 33.0 Å². The zero-order valence-corrected chi connectivity index (χ0v) is 17.7. The van der Waals surface area contributed by atoms with Crippen LogP contribution in [-0.2, 0) is 11.3 Å². The molecule has 3 rings (SSSR count). The predicted octanol–water partition coefficient (Wildman–Crippen LogP) is 3.60. The van der Waals surface area contributed by atoms with Crippen molar-refractivity contribution in [2.45, 2.75) is 40.3 Å². The second-order valence-corrected chi connectivity index (χ2v) is 7.43. The van der Waals surface area contributed by atoms with E-state index >= 15 is 0 Å². The molecular formula is C23H26N4O3. The zero-order chi connectivity index (χ0) is 21.8. The molecule has 30 heavy (non-hydrogen) atoms. The summed E-state index contributed by atoms with van der Waals surface area (Å²) < 4.78 is 1.33. The summed E-state index contributed by atoms with van der Waals surface area (Å²) in [4.78, 5) is 39.1. The van der Waals surface area contributed by atoms with Gasteiger partial charge in [-0.15, -0.1) is 0 Å². The van der Waals surface area contributed by atoms with E-state index in [4.69, 9.17) is 0 Å². The first-order valence-corrected chi connectivity index (χ1v) is 9.99.